The number of pyridine rings is 1. The fraction of sp³-hybridized carbons (Fsp3) is 0.250. The van der Waals surface area contributed by atoms with Crippen molar-refractivity contribution in [1.29, 1.82) is 0 Å². The number of hydrogen-bond acceptors (Lipinski definition) is 3. The van der Waals surface area contributed by atoms with E-state index >= 15 is 0 Å². The first-order valence-corrected chi connectivity index (χ1v) is 4.11. The molecule has 0 saturated heterocycles. The molecule has 1 aromatic rings. The maximum absolute atomic E-state index is 12.3. The second-order valence-electron chi connectivity index (χ2n) is 3.00. The van der Waals surface area contributed by atoms with E-state index in [1.807, 2.05) is 0 Å². The van der Waals surface area contributed by atoms with Gasteiger partial charge in [-0.1, -0.05) is 11.5 Å². The molecule has 0 aliphatic carbocycles. The van der Waals surface area contributed by atoms with Gasteiger partial charge in [-0.15, -0.1) is 0 Å². The van der Waals surface area contributed by atoms with Gasteiger partial charge in [-0.05, 0) is 12.5 Å². The molecule has 0 aliphatic rings. The van der Waals surface area contributed by atoms with Crippen LogP contribution in [0.15, 0.2) is 12.3 Å². The third-order valence-electron chi connectivity index (χ3n) is 1.86. The van der Waals surface area contributed by atoms with Gasteiger partial charge in [-0.2, -0.15) is 0 Å². The molecular formula is C8H8BF3NO2-. The summed E-state index contributed by atoms with van der Waals surface area (Å²) in [5.41, 5.74) is -0.764. The zero-order chi connectivity index (χ0) is 11.6. The van der Waals surface area contributed by atoms with Crippen molar-refractivity contribution in [2.24, 2.45) is 0 Å². The van der Waals surface area contributed by atoms with E-state index in [0.29, 0.717) is 6.20 Å². The average molecular weight is 218 g/mol. The molecular weight excluding hydrogens is 210 g/mol. The average Bonchev–Trinajstić information content (AvgIpc) is 2.15. The molecule has 0 bridgehead atoms. The van der Waals surface area contributed by atoms with E-state index in [2.05, 4.69) is 9.72 Å². The van der Waals surface area contributed by atoms with Crippen LogP contribution in [-0.2, 0) is 4.74 Å². The van der Waals surface area contributed by atoms with Crippen molar-refractivity contribution in [2.75, 3.05) is 7.11 Å². The molecule has 0 unspecified atom stereocenters. The Labute approximate surface area is 84.3 Å². The van der Waals surface area contributed by atoms with Crippen LogP contribution < -0.4 is 5.46 Å². The predicted molar refractivity (Wildman–Crippen MR) is 49.0 cm³/mol. The molecule has 1 heterocycles. The molecule has 3 nitrogen and oxygen atoms in total. The van der Waals surface area contributed by atoms with E-state index in [0.717, 1.165) is 13.2 Å². The van der Waals surface area contributed by atoms with Gasteiger partial charge < -0.3 is 17.7 Å². The van der Waals surface area contributed by atoms with Crippen LogP contribution in [0.25, 0.3) is 0 Å². The first kappa shape index (κ1) is 11.5. The van der Waals surface area contributed by atoms with E-state index in [9.17, 15) is 17.7 Å². The summed E-state index contributed by atoms with van der Waals surface area (Å²) in [7, 11) is 1.14. The summed E-state index contributed by atoms with van der Waals surface area (Å²) < 4.78 is 41.2. The molecule has 0 aliphatic heterocycles. The van der Waals surface area contributed by atoms with Crippen LogP contribution in [0.2, 0.25) is 0 Å². The molecule has 15 heavy (non-hydrogen) atoms. The Morgan fingerprint density at radius 2 is 2.07 bits per heavy atom. The van der Waals surface area contributed by atoms with Crippen molar-refractivity contribution in [3.8, 4) is 0 Å². The number of carbonyl (C=O) groups excluding carboxylic acids is 1. The minimum absolute atomic E-state index is 0.0960. The molecule has 0 N–H and O–H groups in total. The number of aromatic nitrogens is 1. The number of esters is 1. The largest absolute Gasteiger partial charge is 0.511 e. The molecule has 0 aromatic carbocycles. The van der Waals surface area contributed by atoms with Gasteiger partial charge in [0.25, 0.3) is 0 Å². The SMILES string of the molecule is COC(=O)c1ncc([B-](F)(F)F)cc1C. The summed E-state index contributed by atoms with van der Waals surface area (Å²) in [5, 5.41) is 0. The van der Waals surface area contributed by atoms with E-state index in [4.69, 9.17) is 0 Å². The van der Waals surface area contributed by atoms with Gasteiger partial charge in [0.15, 0.2) is 5.69 Å². The molecule has 0 atom stereocenters. The molecule has 0 spiro atoms. The van der Waals surface area contributed by atoms with Crippen molar-refractivity contribution in [2.45, 2.75) is 6.92 Å². The summed E-state index contributed by atoms with van der Waals surface area (Å²) >= 11 is 0. The zero-order valence-electron chi connectivity index (χ0n) is 8.13. The highest BCUT2D eigenvalue weighted by Gasteiger charge is 2.27. The number of ether oxygens (including phenoxy) is 1. The lowest BCUT2D eigenvalue weighted by Gasteiger charge is -2.15. The Morgan fingerprint density at radius 1 is 1.47 bits per heavy atom. The molecule has 0 fully saturated rings. The van der Waals surface area contributed by atoms with Gasteiger partial charge >= 0.3 is 12.9 Å². The Bertz CT molecular complexity index is 392. The molecule has 1 rings (SSSR count). The van der Waals surface area contributed by atoms with Crippen LogP contribution in [-0.4, -0.2) is 25.0 Å². The quantitative estimate of drug-likeness (QED) is 0.553. The highest BCUT2D eigenvalue weighted by Crippen LogP contribution is 2.11. The topological polar surface area (TPSA) is 39.2 Å². The van der Waals surface area contributed by atoms with Gasteiger partial charge in [0.1, 0.15) is 0 Å². The highest BCUT2D eigenvalue weighted by molar-refractivity contribution is 6.73. The summed E-state index contributed by atoms with van der Waals surface area (Å²) in [6.45, 7) is -3.70. The number of carbonyl (C=O) groups is 1. The normalized spacial score (nSPS) is 11.3. The Balaban J connectivity index is 3.15. The van der Waals surface area contributed by atoms with Crippen molar-refractivity contribution in [3.63, 3.8) is 0 Å². The van der Waals surface area contributed by atoms with Crippen LogP contribution in [0.4, 0.5) is 12.9 Å². The molecule has 0 radical (unpaired) electrons. The van der Waals surface area contributed by atoms with E-state index < -0.39 is 18.4 Å². The van der Waals surface area contributed by atoms with Gasteiger partial charge in [0, 0.05) is 6.20 Å². The Hall–Kier alpha value is -1.53. The number of hydrogen-bond donors (Lipinski definition) is 0. The molecule has 0 saturated carbocycles. The smallest absolute Gasteiger partial charge is 0.464 e. The maximum atomic E-state index is 12.3. The van der Waals surface area contributed by atoms with Crippen molar-refractivity contribution in [1.82, 2.24) is 4.98 Å². The third-order valence-corrected chi connectivity index (χ3v) is 1.86. The summed E-state index contributed by atoms with van der Waals surface area (Å²) in [6.07, 6.45) is 0.638. The monoisotopic (exact) mass is 218 g/mol. The van der Waals surface area contributed by atoms with Gasteiger partial charge in [0.05, 0.1) is 7.11 Å². The molecule has 7 heteroatoms. The number of aryl methyl sites for hydroxylation is 1. The minimum Gasteiger partial charge on any atom is -0.464 e. The summed E-state index contributed by atoms with van der Waals surface area (Å²) in [4.78, 5) is 14.5. The minimum atomic E-state index is -5.08. The molecule has 82 valence electrons. The van der Waals surface area contributed by atoms with Crippen LogP contribution in [0.1, 0.15) is 16.1 Å². The third kappa shape index (κ3) is 2.48. The Morgan fingerprint density at radius 3 is 2.47 bits per heavy atom. The van der Waals surface area contributed by atoms with Crippen molar-refractivity contribution in [3.05, 3.63) is 23.5 Å². The highest BCUT2D eigenvalue weighted by atomic mass is 19.4. The second kappa shape index (κ2) is 3.92. The lowest BCUT2D eigenvalue weighted by Crippen LogP contribution is -2.35. The number of nitrogens with zero attached hydrogens (tertiary/aromatic N) is 1. The van der Waals surface area contributed by atoms with E-state index in [1.54, 1.807) is 0 Å². The van der Waals surface area contributed by atoms with Gasteiger partial charge in [0.2, 0.25) is 0 Å². The lowest BCUT2D eigenvalue weighted by molar-refractivity contribution is 0.0593. The van der Waals surface area contributed by atoms with Crippen LogP contribution in [0.3, 0.4) is 0 Å². The molecule has 1 aromatic heterocycles. The van der Waals surface area contributed by atoms with Crippen molar-refractivity contribution < 1.29 is 22.5 Å². The summed E-state index contributed by atoms with van der Waals surface area (Å²) in [6, 6.07) is 0.888. The number of methoxy groups -OCH3 is 1. The number of halogens is 3. The fourth-order valence-electron chi connectivity index (χ4n) is 1.09. The van der Waals surface area contributed by atoms with Crippen LogP contribution in [0.5, 0.6) is 0 Å². The number of rotatable bonds is 2. The van der Waals surface area contributed by atoms with Crippen LogP contribution in [0, 0.1) is 6.92 Å². The molecule has 0 amide bonds. The first-order chi connectivity index (χ1) is 6.86. The first-order valence-electron chi connectivity index (χ1n) is 4.11. The van der Waals surface area contributed by atoms with E-state index in [1.165, 1.54) is 6.92 Å². The predicted octanol–water partition coefficient (Wildman–Crippen LogP) is 1.23. The van der Waals surface area contributed by atoms with Gasteiger partial charge in [-0.3, -0.25) is 4.98 Å². The van der Waals surface area contributed by atoms with Crippen molar-refractivity contribution >= 4 is 18.4 Å². The van der Waals surface area contributed by atoms with Gasteiger partial charge in [-0.25, -0.2) is 4.79 Å². The maximum Gasteiger partial charge on any atom is 0.511 e. The fourth-order valence-corrected chi connectivity index (χ4v) is 1.09. The standard InChI is InChI=1S/C8H8BF3NO2/c1-5-3-6(9(10,11)12)4-13-7(5)8(14)15-2/h3-4H,1-2H3/q-1. The van der Waals surface area contributed by atoms with E-state index in [-0.39, 0.29) is 11.3 Å². The lowest BCUT2D eigenvalue weighted by atomic mass is 9.80. The van der Waals surface area contributed by atoms with Crippen LogP contribution >= 0.6 is 0 Å². The Kier molecular flexibility index (Phi) is 3.02. The zero-order valence-corrected chi connectivity index (χ0v) is 8.13. The summed E-state index contributed by atoms with van der Waals surface area (Å²) in [5.74, 6) is -0.742. The second-order valence-corrected chi connectivity index (χ2v) is 3.00.